The molecule has 0 spiro atoms. The maximum absolute atomic E-state index is 14.1. The van der Waals surface area contributed by atoms with Gasteiger partial charge in [0.05, 0.1) is 0 Å². The lowest BCUT2D eigenvalue weighted by Crippen LogP contribution is -2.55. The van der Waals surface area contributed by atoms with E-state index in [-0.39, 0.29) is 30.6 Å². The first-order valence-electron chi connectivity index (χ1n) is 11.7. The molecule has 1 N–H and O–H groups in total. The molecule has 4 rings (SSSR count). The highest BCUT2D eigenvalue weighted by atomic mass is 19.3. The second-order valence-electron chi connectivity index (χ2n) is 11.4. The van der Waals surface area contributed by atoms with Gasteiger partial charge in [-0.15, -0.1) is 0 Å². The van der Waals surface area contributed by atoms with Crippen LogP contribution in [0.25, 0.3) is 0 Å². The number of hydrogen-bond acceptors (Lipinski definition) is 1. The van der Waals surface area contributed by atoms with E-state index in [2.05, 4.69) is 20.8 Å². The molecule has 0 heterocycles. The predicted octanol–water partition coefficient (Wildman–Crippen LogP) is 6.78. The zero-order valence-corrected chi connectivity index (χ0v) is 17.9. The lowest BCUT2D eigenvalue weighted by atomic mass is 9.44. The minimum Gasteiger partial charge on any atom is -0.481 e. The summed E-state index contributed by atoms with van der Waals surface area (Å²) in [4.78, 5) is 11.0. The summed E-state index contributed by atoms with van der Waals surface area (Å²) in [6.07, 6.45) is 8.97. The maximum atomic E-state index is 14.1. The molecular formula is C24H38F2O2. The Morgan fingerprint density at radius 1 is 1.00 bits per heavy atom. The van der Waals surface area contributed by atoms with Crippen LogP contribution in [0.1, 0.15) is 91.4 Å². The van der Waals surface area contributed by atoms with Gasteiger partial charge in [0.25, 0.3) is 0 Å². The van der Waals surface area contributed by atoms with Crippen molar-refractivity contribution < 1.29 is 18.7 Å². The molecule has 0 saturated heterocycles. The van der Waals surface area contributed by atoms with Crippen molar-refractivity contribution in [3.05, 3.63) is 0 Å². The molecule has 0 radical (unpaired) electrons. The van der Waals surface area contributed by atoms with Crippen LogP contribution in [0, 0.1) is 46.3 Å². The summed E-state index contributed by atoms with van der Waals surface area (Å²) in [5, 5.41) is 9.08. The quantitative estimate of drug-likeness (QED) is 0.568. The molecule has 8 atom stereocenters. The topological polar surface area (TPSA) is 37.3 Å². The van der Waals surface area contributed by atoms with E-state index in [1.807, 2.05) is 0 Å². The van der Waals surface area contributed by atoms with E-state index < -0.39 is 11.9 Å². The highest BCUT2D eigenvalue weighted by Gasteiger charge is 2.62. The normalized spacial score (nSPS) is 48.2. The first kappa shape index (κ1) is 20.6. The van der Waals surface area contributed by atoms with E-state index in [0.29, 0.717) is 41.4 Å². The Balaban J connectivity index is 1.51. The van der Waals surface area contributed by atoms with Gasteiger partial charge in [-0.2, -0.15) is 0 Å². The molecule has 4 aliphatic carbocycles. The average Bonchev–Trinajstić information content (AvgIpc) is 2.97. The standard InChI is InChI=1S/C24H38F2O2/c1-15(4-9-21(27)28)18-7-8-19-17-6-5-16-14-24(25,26)13-12-22(16,2)20(17)10-11-23(18,19)3/h15-20H,4-14H2,1-3H3,(H,27,28). The van der Waals surface area contributed by atoms with Gasteiger partial charge in [-0.05, 0) is 97.7 Å². The highest BCUT2D eigenvalue weighted by Crippen LogP contribution is 2.69. The summed E-state index contributed by atoms with van der Waals surface area (Å²) < 4.78 is 28.1. The van der Waals surface area contributed by atoms with Crippen molar-refractivity contribution in [1.82, 2.24) is 0 Å². The first-order chi connectivity index (χ1) is 13.1. The number of alkyl halides is 2. The number of carboxylic acids is 1. The molecule has 160 valence electrons. The van der Waals surface area contributed by atoms with Crippen LogP contribution < -0.4 is 0 Å². The fourth-order valence-corrected chi connectivity index (χ4v) is 8.70. The van der Waals surface area contributed by atoms with Crippen molar-refractivity contribution in [2.45, 2.75) is 97.3 Å². The Labute approximate surface area is 168 Å². The smallest absolute Gasteiger partial charge is 0.303 e. The molecule has 0 amide bonds. The van der Waals surface area contributed by atoms with Crippen molar-refractivity contribution in [3.63, 3.8) is 0 Å². The van der Waals surface area contributed by atoms with Gasteiger partial charge in [0, 0.05) is 19.3 Å². The minimum atomic E-state index is -2.45. The Morgan fingerprint density at radius 2 is 1.71 bits per heavy atom. The molecular weight excluding hydrogens is 358 g/mol. The predicted molar refractivity (Wildman–Crippen MR) is 106 cm³/mol. The van der Waals surface area contributed by atoms with Crippen LogP contribution in [0.2, 0.25) is 0 Å². The van der Waals surface area contributed by atoms with Crippen LogP contribution in [-0.4, -0.2) is 17.0 Å². The minimum absolute atomic E-state index is 0.0833. The molecule has 2 nitrogen and oxygen atoms in total. The zero-order valence-electron chi connectivity index (χ0n) is 17.9. The third kappa shape index (κ3) is 3.21. The second-order valence-corrected chi connectivity index (χ2v) is 11.4. The van der Waals surface area contributed by atoms with Crippen LogP contribution in [0.15, 0.2) is 0 Å². The van der Waals surface area contributed by atoms with Crippen molar-refractivity contribution in [2.24, 2.45) is 46.3 Å². The molecule has 0 aromatic carbocycles. The number of hydrogen-bond donors (Lipinski definition) is 1. The fourth-order valence-electron chi connectivity index (χ4n) is 8.70. The van der Waals surface area contributed by atoms with Gasteiger partial charge in [-0.3, -0.25) is 4.79 Å². The summed E-state index contributed by atoms with van der Waals surface area (Å²) in [6.45, 7) is 7.08. The number of fused-ring (bicyclic) bond motifs is 5. The van der Waals surface area contributed by atoms with E-state index in [4.69, 9.17) is 5.11 Å². The van der Waals surface area contributed by atoms with Crippen LogP contribution in [0.4, 0.5) is 8.78 Å². The molecule has 0 bridgehead atoms. The van der Waals surface area contributed by atoms with E-state index in [0.717, 1.165) is 19.3 Å². The van der Waals surface area contributed by atoms with Crippen LogP contribution in [-0.2, 0) is 4.79 Å². The largest absolute Gasteiger partial charge is 0.481 e. The molecule has 4 aliphatic rings. The number of carboxylic acid groups (broad SMARTS) is 1. The van der Waals surface area contributed by atoms with Crippen LogP contribution in [0.3, 0.4) is 0 Å². The van der Waals surface area contributed by atoms with Crippen molar-refractivity contribution in [2.75, 3.05) is 0 Å². The number of carbonyl (C=O) groups is 1. The molecule has 4 heteroatoms. The number of aliphatic carboxylic acids is 1. The maximum Gasteiger partial charge on any atom is 0.303 e. The van der Waals surface area contributed by atoms with Gasteiger partial charge in [-0.1, -0.05) is 20.8 Å². The monoisotopic (exact) mass is 396 g/mol. The molecule has 0 aromatic heterocycles. The van der Waals surface area contributed by atoms with E-state index in [1.165, 1.54) is 25.7 Å². The van der Waals surface area contributed by atoms with Crippen molar-refractivity contribution >= 4 is 5.97 Å². The Morgan fingerprint density at radius 3 is 2.43 bits per heavy atom. The molecule has 4 saturated carbocycles. The summed E-state index contributed by atoms with van der Waals surface area (Å²) >= 11 is 0. The molecule has 28 heavy (non-hydrogen) atoms. The van der Waals surface area contributed by atoms with Gasteiger partial charge in [0.1, 0.15) is 0 Å². The summed E-state index contributed by atoms with van der Waals surface area (Å²) in [7, 11) is 0. The second kappa shape index (κ2) is 6.94. The average molecular weight is 397 g/mol. The van der Waals surface area contributed by atoms with Crippen molar-refractivity contribution in [3.8, 4) is 0 Å². The Bertz CT molecular complexity index is 620. The Hall–Kier alpha value is -0.670. The van der Waals surface area contributed by atoms with Gasteiger partial charge in [0.2, 0.25) is 5.92 Å². The fraction of sp³-hybridized carbons (Fsp3) is 0.958. The molecule has 0 aliphatic heterocycles. The SMILES string of the molecule is CC(CCC(=O)O)C1CCC2C3CCC4CC(F)(F)CCC4(C)C3CCC12C. The lowest BCUT2D eigenvalue weighted by Gasteiger charge is -2.61. The summed E-state index contributed by atoms with van der Waals surface area (Å²) in [5.41, 5.74) is 0.430. The van der Waals surface area contributed by atoms with E-state index in [9.17, 15) is 13.6 Å². The summed E-state index contributed by atoms with van der Waals surface area (Å²) in [6, 6.07) is 0. The highest BCUT2D eigenvalue weighted by molar-refractivity contribution is 5.66. The number of rotatable bonds is 4. The molecule has 8 unspecified atom stereocenters. The van der Waals surface area contributed by atoms with E-state index in [1.54, 1.807) is 0 Å². The van der Waals surface area contributed by atoms with E-state index >= 15 is 0 Å². The third-order valence-corrected chi connectivity index (χ3v) is 10.2. The third-order valence-electron chi connectivity index (χ3n) is 10.2. The van der Waals surface area contributed by atoms with Gasteiger partial charge in [0.15, 0.2) is 0 Å². The summed E-state index contributed by atoms with van der Waals surface area (Å²) in [5.74, 6) is 0.185. The molecule has 4 fully saturated rings. The van der Waals surface area contributed by atoms with Gasteiger partial charge < -0.3 is 5.11 Å². The van der Waals surface area contributed by atoms with Crippen LogP contribution in [0.5, 0.6) is 0 Å². The first-order valence-corrected chi connectivity index (χ1v) is 11.7. The van der Waals surface area contributed by atoms with Crippen LogP contribution >= 0.6 is 0 Å². The lowest BCUT2D eigenvalue weighted by molar-refractivity contribution is -0.164. The van der Waals surface area contributed by atoms with Gasteiger partial charge >= 0.3 is 5.97 Å². The molecule has 0 aromatic rings. The van der Waals surface area contributed by atoms with Crippen molar-refractivity contribution in [1.29, 1.82) is 0 Å². The number of halogens is 2. The zero-order chi connectivity index (χ0) is 20.3. The Kier molecular flexibility index (Phi) is 5.11. The van der Waals surface area contributed by atoms with Gasteiger partial charge in [-0.25, -0.2) is 8.78 Å².